The Morgan fingerprint density at radius 2 is 1.67 bits per heavy atom. The third-order valence-electron chi connectivity index (χ3n) is 2.35. The van der Waals surface area contributed by atoms with Crippen molar-refractivity contribution < 1.29 is 9.53 Å². The molecule has 0 saturated heterocycles. The summed E-state index contributed by atoms with van der Waals surface area (Å²) in [6.45, 7) is 0.0171. The first kappa shape index (κ1) is 13.1. The number of hydrogen-bond acceptors (Lipinski definition) is 2. The van der Waals surface area contributed by atoms with E-state index in [4.69, 9.17) is 16.3 Å². The van der Waals surface area contributed by atoms with E-state index in [1.54, 1.807) is 36.4 Å². The Kier molecular flexibility index (Phi) is 4.39. The molecule has 4 heteroatoms. The maximum absolute atomic E-state index is 11.8. The van der Waals surface area contributed by atoms with E-state index in [0.717, 1.165) is 4.47 Å². The van der Waals surface area contributed by atoms with Gasteiger partial charge < -0.3 is 4.74 Å². The second kappa shape index (κ2) is 6.03. The SMILES string of the molecule is O=C(COc1ccc(Cl)cc1)c1ccc(Br)cc1. The van der Waals surface area contributed by atoms with Crippen LogP contribution in [0.4, 0.5) is 0 Å². The van der Waals surface area contributed by atoms with Gasteiger partial charge in [-0.05, 0) is 36.4 Å². The van der Waals surface area contributed by atoms with Gasteiger partial charge >= 0.3 is 0 Å². The van der Waals surface area contributed by atoms with E-state index in [-0.39, 0.29) is 12.4 Å². The van der Waals surface area contributed by atoms with Crippen LogP contribution >= 0.6 is 27.5 Å². The van der Waals surface area contributed by atoms with E-state index >= 15 is 0 Å². The highest BCUT2D eigenvalue weighted by Gasteiger charge is 2.06. The summed E-state index contributed by atoms with van der Waals surface area (Å²) in [5.74, 6) is 0.572. The lowest BCUT2D eigenvalue weighted by molar-refractivity contribution is 0.0921. The molecule has 2 rings (SSSR count). The van der Waals surface area contributed by atoms with Crippen LogP contribution < -0.4 is 4.74 Å². The van der Waals surface area contributed by atoms with Crippen LogP contribution in [-0.2, 0) is 0 Å². The van der Waals surface area contributed by atoms with Gasteiger partial charge in [0.15, 0.2) is 12.4 Å². The predicted octanol–water partition coefficient (Wildman–Crippen LogP) is 4.36. The lowest BCUT2D eigenvalue weighted by atomic mass is 10.1. The van der Waals surface area contributed by atoms with Crippen molar-refractivity contribution in [1.82, 2.24) is 0 Å². The molecule has 0 spiro atoms. The summed E-state index contributed by atoms with van der Waals surface area (Å²) in [6.07, 6.45) is 0. The van der Waals surface area contributed by atoms with Gasteiger partial charge in [-0.3, -0.25) is 4.79 Å². The molecule has 0 heterocycles. The first-order valence-corrected chi connectivity index (χ1v) is 6.49. The summed E-state index contributed by atoms with van der Waals surface area (Å²) < 4.78 is 6.33. The summed E-state index contributed by atoms with van der Waals surface area (Å²) in [4.78, 5) is 11.8. The molecular formula is C14H10BrClO2. The normalized spacial score (nSPS) is 10.1. The monoisotopic (exact) mass is 324 g/mol. The van der Waals surface area contributed by atoms with Gasteiger partial charge in [0.25, 0.3) is 0 Å². The average molecular weight is 326 g/mol. The van der Waals surface area contributed by atoms with E-state index in [1.807, 2.05) is 12.1 Å². The summed E-state index contributed by atoms with van der Waals surface area (Å²) in [6, 6.07) is 14.1. The number of halogens is 2. The van der Waals surface area contributed by atoms with Crippen molar-refractivity contribution in [2.24, 2.45) is 0 Å². The van der Waals surface area contributed by atoms with Gasteiger partial charge in [-0.1, -0.05) is 39.7 Å². The van der Waals surface area contributed by atoms with Crippen molar-refractivity contribution in [3.63, 3.8) is 0 Å². The van der Waals surface area contributed by atoms with E-state index in [1.165, 1.54) is 0 Å². The fourth-order valence-electron chi connectivity index (χ4n) is 1.40. The zero-order valence-electron chi connectivity index (χ0n) is 9.40. The molecule has 0 unspecified atom stereocenters. The van der Waals surface area contributed by atoms with Crippen molar-refractivity contribution in [3.8, 4) is 5.75 Å². The van der Waals surface area contributed by atoms with Crippen LogP contribution in [0.25, 0.3) is 0 Å². The van der Waals surface area contributed by atoms with E-state index in [0.29, 0.717) is 16.3 Å². The summed E-state index contributed by atoms with van der Waals surface area (Å²) in [7, 11) is 0. The molecule has 0 amide bonds. The van der Waals surface area contributed by atoms with Crippen LogP contribution in [0.3, 0.4) is 0 Å². The second-order valence-corrected chi connectivity index (χ2v) is 5.02. The molecular weight excluding hydrogens is 316 g/mol. The average Bonchev–Trinajstić information content (AvgIpc) is 2.38. The van der Waals surface area contributed by atoms with Crippen LogP contribution in [0.1, 0.15) is 10.4 Å². The number of Topliss-reactive ketones (excluding diaryl/α,β-unsaturated/α-hetero) is 1. The van der Waals surface area contributed by atoms with Crippen LogP contribution in [0.2, 0.25) is 5.02 Å². The molecule has 2 aromatic carbocycles. The fraction of sp³-hybridized carbons (Fsp3) is 0.0714. The lowest BCUT2D eigenvalue weighted by Crippen LogP contribution is -2.11. The third kappa shape index (κ3) is 3.59. The molecule has 2 nitrogen and oxygen atoms in total. The van der Waals surface area contributed by atoms with Gasteiger partial charge in [0.05, 0.1) is 0 Å². The second-order valence-electron chi connectivity index (χ2n) is 3.67. The molecule has 0 radical (unpaired) electrons. The number of ketones is 1. The van der Waals surface area contributed by atoms with Gasteiger partial charge in [-0.2, -0.15) is 0 Å². The number of carbonyl (C=O) groups is 1. The third-order valence-corrected chi connectivity index (χ3v) is 3.13. The van der Waals surface area contributed by atoms with E-state index in [2.05, 4.69) is 15.9 Å². The van der Waals surface area contributed by atoms with Crippen molar-refractivity contribution in [2.45, 2.75) is 0 Å². The number of rotatable bonds is 4. The Bertz CT molecular complexity index is 535. The molecule has 0 aromatic heterocycles. The van der Waals surface area contributed by atoms with Gasteiger partial charge in [0.1, 0.15) is 5.75 Å². The number of benzene rings is 2. The van der Waals surface area contributed by atoms with Gasteiger partial charge in [-0.15, -0.1) is 0 Å². The predicted molar refractivity (Wildman–Crippen MR) is 75.4 cm³/mol. The van der Waals surface area contributed by atoms with Crippen LogP contribution in [0.5, 0.6) is 5.75 Å². The van der Waals surface area contributed by atoms with Crippen LogP contribution in [0.15, 0.2) is 53.0 Å². The Balaban J connectivity index is 1.96. The molecule has 2 aromatic rings. The number of ether oxygens (including phenoxy) is 1. The van der Waals surface area contributed by atoms with Crippen LogP contribution in [0, 0.1) is 0 Å². The molecule has 0 fully saturated rings. The number of carbonyl (C=O) groups excluding carboxylic acids is 1. The Labute approximate surface area is 119 Å². The largest absolute Gasteiger partial charge is 0.485 e. The van der Waals surface area contributed by atoms with Gasteiger partial charge in [0.2, 0.25) is 0 Å². The molecule has 0 aliphatic carbocycles. The van der Waals surface area contributed by atoms with E-state index in [9.17, 15) is 4.79 Å². The quantitative estimate of drug-likeness (QED) is 0.781. The highest BCUT2D eigenvalue weighted by atomic mass is 79.9. The standard InChI is InChI=1S/C14H10BrClO2/c15-11-3-1-10(2-4-11)14(17)9-18-13-7-5-12(16)6-8-13/h1-8H,9H2. The Morgan fingerprint density at radius 1 is 1.06 bits per heavy atom. The topological polar surface area (TPSA) is 26.3 Å². The zero-order valence-corrected chi connectivity index (χ0v) is 11.7. The fourth-order valence-corrected chi connectivity index (χ4v) is 1.79. The smallest absolute Gasteiger partial charge is 0.200 e. The van der Waals surface area contributed by atoms with Crippen molar-refractivity contribution >= 4 is 33.3 Å². The number of hydrogen-bond donors (Lipinski definition) is 0. The first-order valence-electron chi connectivity index (χ1n) is 5.32. The highest BCUT2D eigenvalue weighted by Crippen LogP contribution is 2.16. The molecule has 0 N–H and O–H groups in total. The Hall–Kier alpha value is -1.32. The molecule has 92 valence electrons. The molecule has 0 atom stereocenters. The molecule has 0 saturated carbocycles. The summed E-state index contributed by atoms with van der Waals surface area (Å²) >= 11 is 9.08. The highest BCUT2D eigenvalue weighted by molar-refractivity contribution is 9.10. The zero-order chi connectivity index (χ0) is 13.0. The molecule has 0 aliphatic rings. The summed E-state index contributed by atoms with van der Waals surface area (Å²) in [5, 5.41) is 0.640. The van der Waals surface area contributed by atoms with Crippen LogP contribution in [-0.4, -0.2) is 12.4 Å². The molecule has 0 aliphatic heterocycles. The van der Waals surface area contributed by atoms with Crippen molar-refractivity contribution in [2.75, 3.05) is 6.61 Å². The molecule has 0 bridgehead atoms. The minimum absolute atomic E-state index is 0.0171. The first-order chi connectivity index (χ1) is 8.65. The minimum atomic E-state index is -0.0579. The Morgan fingerprint density at radius 3 is 2.28 bits per heavy atom. The lowest BCUT2D eigenvalue weighted by Gasteiger charge is -2.05. The maximum atomic E-state index is 11.8. The molecule has 18 heavy (non-hydrogen) atoms. The van der Waals surface area contributed by atoms with Crippen molar-refractivity contribution in [1.29, 1.82) is 0 Å². The van der Waals surface area contributed by atoms with Gasteiger partial charge in [-0.25, -0.2) is 0 Å². The van der Waals surface area contributed by atoms with Gasteiger partial charge in [0, 0.05) is 15.1 Å². The maximum Gasteiger partial charge on any atom is 0.200 e. The summed E-state index contributed by atoms with van der Waals surface area (Å²) in [5.41, 5.74) is 0.632. The van der Waals surface area contributed by atoms with Crippen molar-refractivity contribution in [3.05, 3.63) is 63.6 Å². The minimum Gasteiger partial charge on any atom is -0.485 e. The van der Waals surface area contributed by atoms with E-state index < -0.39 is 0 Å².